The maximum Gasteiger partial charge on any atom is 0.0784 e. The van der Waals surface area contributed by atoms with Crippen molar-refractivity contribution in [1.29, 1.82) is 0 Å². The van der Waals surface area contributed by atoms with Crippen LogP contribution >= 0.6 is 12.2 Å². The van der Waals surface area contributed by atoms with E-state index in [0.29, 0.717) is 16.9 Å². The summed E-state index contributed by atoms with van der Waals surface area (Å²) in [7, 11) is 0. The summed E-state index contributed by atoms with van der Waals surface area (Å²) in [4.78, 5) is 3.11. The monoisotopic (exact) mass is 268 g/mol. The van der Waals surface area contributed by atoms with E-state index in [-0.39, 0.29) is 11.5 Å². The fraction of sp³-hybridized carbons (Fsp3) is 0.929. The van der Waals surface area contributed by atoms with Crippen molar-refractivity contribution in [1.82, 2.24) is 4.90 Å². The standard InChI is InChI=1S/C14H24N2OS/c1-14(2,13(15)18)3-4-16-7-9-5-8-6-10(9)11(16)12(8)17/h8-12,17H,3-7H2,1-2H3,(H2,15,18). The third kappa shape index (κ3) is 1.81. The van der Waals surface area contributed by atoms with Crippen molar-refractivity contribution in [3.63, 3.8) is 0 Å². The third-order valence-electron chi connectivity index (χ3n) is 5.64. The number of rotatable bonds is 4. The second-order valence-corrected chi connectivity index (χ2v) is 7.57. The zero-order chi connectivity index (χ0) is 13.1. The molecule has 3 rings (SSSR count). The zero-order valence-corrected chi connectivity index (χ0v) is 12.1. The number of hydrogen-bond donors (Lipinski definition) is 2. The van der Waals surface area contributed by atoms with Gasteiger partial charge >= 0.3 is 0 Å². The van der Waals surface area contributed by atoms with Crippen LogP contribution in [0.3, 0.4) is 0 Å². The average Bonchev–Trinajstić information content (AvgIpc) is 2.86. The van der Waals surface area contributed by atoms with Crippen molar-refractivity contribution in [2.45, 2.75) is 45.3 Å². The first kappa shape index (κ1) is 12.8. The molecule has 2 bridgehead atoms. The lowest BCUT2D eigenvalue weighted by Gasteiger charge is -2.31. The van der Waals surface area contributed by atoms with E-state index in [1.54, 1.807) is 0 Å². The lowest BCUT2D eigenvalue weighted by molar-refractivity contribution is 0.0487. The Kier molecular flexibility index (Phi) is 2.96. The molecule has 1 aliphatic heterocycles. The summed E-state index contributed by atoms with van der Waals surface area (Å²) in [5, 5.41) is 10.3. The van der Waals surface area contributed by atoms with Gasteiger partial charge in [-0.2, -0.15) is 0 Å². The van der Waals surface area contributed by atoms with Crippen molar-refractivity contribution < 1.29 is 5.11 Å². The van der Waals surface area contributed by atoms with Crippen LogP contribution in [0.2, 0.25) is 0 Å². The predicted octanol–water partition coefficient (Wildman–Crippen LogP) is 1.39. The van der Waals surface area contributed by atoms with E-state index in [1.807, 2.05) is 0 Å². The fourth-order valence-electron chi connectivity index (χ4n) is 4.34. The van der Waals surface area contributed by atoms with E-state index in [9.17, 15) is 5.11 Å². The van der Waals surface area contributed by atoms with Gasteiger partial charge in [0.25, 0.3) is 0 Å². The van der Waals surface area contributed by atoms with Crippen LogP contribution in [-0.4, -0.2) is 40.2 Å². The van der Waals surface area contributed by atoms with E-state index < -0.39 is 0 Å². The summed E-state index contributed by atoms with van der Waals surface area (Å²) in [6.45, 7) is 6.43. The highest BCUT2D eigenvalue weighted by molar-refractivity contribution is 7.80. The highest BCUT2D eigenvalue weighted by atomic mass is 32.1. The van der Waals surface area contributed by atoms with E-state index in [2.05, 4.69) is 18.7 Å². The summed E-state index contributed by atoms with van der Waals surface area (Å²) >= 11 is 5.13. The topological polar surface area (TPSA) is 49.5 Å². The smallest absolute Gasteiger partial charge is 0.0784 e. The summed E-state index contributed by atoms with van der Waals surface area (Å²) < 4.78 is 0. The molecule has 5 unspecified atom stereocenters. The molecule has 0 radical (unpaired) electrons. The molecule has 0 aromatic heterocycles. The molecule has 4 heteroatoms. The fourth-order valence-corrected chi connectivity index (χ4v) is 4.44. The van der Waals surface area contributed by atoms with Crippen molar-refractivity contribution in [3.8, 4) is 0 Å². The van der Waals surface area contributed by atoms with Gasteiger partial charge < -0.3 is 10.8 Å². The Labute approximate surface area is 115 Å². The van der Waals surface area contributed by atoms with Gasteiger partial charge in [0.1, 0.15) is 0 Å². The molecule has 2 saturated carbocycles. The van der Waals surface area contributed by atoms with E-state index >= 15 is 0 Å². The van der Waals surface area contributed by atoms with Crippen LogP contribution in [0.15, 0.2) is 0 Å². The molecule has 3 nitrogen and oxygen atoms in total. The first-order valence-corrected chi connectivity index (χ1v) is 7.53. The van der Waals surface area contributed by atoms with Crippen LogP contribution in [0, 0.1) is 23.2 Å². The highest BCUT2D eigenvalue weighted by Gasteiger charge is 2.58. The Morgan fingerprint density at radius 2 is 2.11 bits per heavy atom. The maximum absolute atomic E-state index is 10.3. The second kappa shape index (κ2) is 4.15. The Hall–Kier alpha value is -0.190. The van der Waals surface area contributed by atoms with Gasteiger partial charge in [0.2, 0.25) is 0 Å². The number of fused-ring (bicyclic) bond motifs is 1. The summed E-state index contributed by atoms with van der Waals surface area (Å²) in [5.74, 6) is 2.19. The predicted molar refractivity (Wildman–Crippen MR) is 76.3 cm³/mol. The molecule has 3 N–H and O–H groups in total. The van der Waals surface area contributed by atoms with Crippen LogP contribution in [-0.2, 0) is 0 Å². The van der Waals surface area contributed by atoms with Crippen molar-refractivity contribution >= 4 is 17.2 Å². The third-order valence-corrected chi connectivity index (χ3v) is 6.19. The van der Waals surface area contributed by atoms with Gasteiger partial charge in [-0.1, -0.05) is 26.1 Å². The number of thiocarbonyl (C=S) groups is 1. The minimum atomic E-state index is -0.0818. The van der Waals surface area contributed by atoms with Crippen molar-refractivity contribution in [2.24, 2.45) is 28.9 Å². The van der Waals surface area contributed by atoms with Crippen LogP contribution < -0.4 is 5.73 Å². The molecule has 102 valence electrons. The second-order valence-electron chi connectivity index (χ2n) is 7.13. The molecule has 5 atom stereocenters. The Morgan fingerprint density at radius 1 is 1.39 bits per heavy atom. The molecule has 0 amide bonds. The molecule has 1 saturated heterocycles. The molecule has 2 aliphatic carbocycles. The quantitative estimate of drug-likeness (QED) is 0.757. The number of nitrogens with two attached hydrogens (primary N) is 1. The van der Waals surface area contributed by atoms with Crippen LogP contribution in [0.4, 0.5) is 0 Å². The number of aliphatic hydroxyl groups is 1. The molecule has 3 fully saturated rings. The summed E-state index contributed by atoms with van der Waals surface area (Å²) in [6.07, 6.45) is 3.42. The van der Waals surface area contributed by atoms with E-state index in [0.717, 1.165) is 24.8 Å². The lowest BCUT2D eigenvalue weighted by Crippen LogP contribution is -2.43. The van der Waals surface area contributed by atoms with Crippen molar-refractivity contribution in [2.75, 3.05) is 13.1 Å². The van der Waals surface area contributed by atoms with Crippen LogP contribution in [0.25, 0.3) is 0 Å². The highest BCUT2D eigenvalue weighted by Crippen LogP contribution is 2.54. The molecular formula is C14H24N2OS. The van der Waals surface area contributed by atoms with Gasteiger partial charge in [-0.05, 0) is 43.6 Å². The molecule has 3 aliphatic rings. The minimum Gasteiger partial charge on any atom is -0.393 e. The van der Waals surface area contributed by atoms with E-state index in [4.69, 9.17) is 18.0 Å². The molecular weight excluding hydrogens is 244 g/mol. The first-order chi connectivity index (χ1) is 8.40. The van der Waals surface area contributed by atoms with Crippen molar-refractivity contribution in [3.05, 3.63) is 0 Å². The van der Waals surface area contributed by atoms with Gasteiger partial charge in [-0.25, -0.2) is 0 Å². The first-order valence-electron chi connectivity index (χ1n) is 7.12. The molecule has 0 aromatic carbocycles. The van der Waals surface area contributed by atoms with Gasteiger partial charge in [-0.15, -0.1) is 0 Å². The maximum atomic E-state index is 10.3. The number of hydrogen-bond acceptors (Lipinski definition) is 3. The number of nitrogens with zero attached hydrogens (tertiary/aromatic N) is 1. The SMILES string of the molecule is CC(C)(CCN1CC2CC3CC2C1C3O)C(N)=S. The van der Waals surface area contributed by atoms with Gasteiger partial charge in [0, 0.05) is 18.0 Å². The summed E-state index contributed by atoms with van der Waals surface area (Å²) in [6, 6.07) is 0.427. The van der Waals surface area contributed by atoms with Crippen LogP contribution in [0.5, 0.6) is 0 Å². The average molecular weight is 268 g/mol. The molecule has 18 heavy (non-hydrogen) atoms. The van der Waals surface area contributed by atoms with Crippen LogP contribution in [0.1, 0.15) is 33.1 Å². The molecule has 0 aromatic rings. The summed E-state index contributed by atoms with van der Waals surface area (Å²) in [5.41, 5.74) is 5.72. The Morgan fingerprint density at radius 3 is 2.72 bits per heavy atom. The Bertz CT molecular complexity index is 369. The largest absolute Gasteiger partial charge is 0.393 e. The molecule has 0 spiro atoms. The van der Waals surface area contributed by atoms with Gasteiger partial charge in [0.15, 0.2) is 0 Å². The Balaban J connectivity index is 1.64. The van der Waals surface area contributed by atoms with Gasteiger partial charge in [-0.3, -0.25) is 4.90 Å². The normalized spacial score (nSPS) is 42.7. The van der Waals surface area contributed by atoms with Gasteiger partial charge in [0.05, 0.1) is 11.1 Å². The number of aliphatic hydroxyl groups excluding tert-OH is 1. The minimum absolute atomic E-state index is 0.0695. The zero-order valence-electron chi connectivity index (χ0n) is 11.3. The molecule has 1 heterocycles. The number of likely N-dealkylation sites (tertiary alicyclic amines) is 1. The lowest BCUT2D eigenvalue weighted by atomic mass is 9.87. The van der Waals surface area contributed by atoms with E-state index in [1.165, 1.54) is 19.4 Å².